The van der Waals surface area contributed by atoms with E-state index in [4.69, 9.17) is 9.47 Å². The van der Waals surface area contributed by atoms with E-state index in [2.05, 4.69) is 22.5 Å². The van der Waals surface area contributed by atoms with Gasteiger partial charge in [-0.15, -0.1) is 0 Å². The van der Waals surface area contributed by atoms with Crippen molar-refractivity contribution in [3.63, 3.8) is 0 Å². The average Bonchev–Trinajstić information content (AvgIpc) is 2.72. The van der Waals surface area contributed by atoms with E-state index in [1.165, 1.54) is 4.31 Å². The first-order valence-electron chi connectivity index (χ1n) is 10.7. The van der Waals surface area contributed by atoms with Gasteiger partial charge < -0.3 is 20.1 Å². The van der Waals surface area contributed by atoms with E-state index in [1.54, 1.807) is 14.0 Å². The lowest BCUT2D eigenvalue weighted by Gasteiger charge is -2.20. The highest BCUT2D eigenvalue weighted by Gasteiger charge is 2.15. The fraction of sp³-hybridized carbons (Fsp3) is 0.667. The Bertz CT molecular complexity index is 768. The van der Waals surface area contributed by atoms with Crippen LogP contribution in [-0.2, 0) is 10.0 Å². The Kier molecular flexibility index (Phi) is 11.6. The van der Waals surface area contributed by atoms with Gasteiger partial charge in [-0.1, -0.05) is 6.07 Å². The van der Waals surface area contributed by atoms with Gasteiger partial charge in [0.15, 0.2) is 17.5 Å². The largest absolute Gasteiger partial charge is 0.490 e. The van der Waals surface area contributed by atoms with Crippen LogP contribution in [-0.4, -0.2) is 64.3 Å². The molecule has 0 radical (unpaired) electrons. The summed E-state index contributed by atoms with van der Waals surface area (Å²) in [5.41, 5.74) is 1.06. The number of nitrogens with one attached hydrogen (secondary N) is 2. The van der Waals surface area contributed by atoms with Gasteiger partial charge in [0.1, 0.15) is 0 Å². The van der Waals surface area contributed by atoms with E-state index in [1.807, 2.05) is 39.0 Å². The topological polar surface area (TPSA) is 92.3 Å². The van der Waals surface area contributed by atoms with Crippen molar-refractivity contribution in [2.45, 2.75) is 47.1 Å². The predicted molar refractivity (Wildman–Crippen MR) is 123 cm³/mol. The summed E-state index contributed by atoms with van der Waals surface area (Å²) in [6.07, 6.45) is 0.651. The molecule has 0 spiro atoms. The second-order valence-electron chi connectivity index (χ2n) is 6.77. The summed E-state index contributed by atoms with van der Waals surface area (Å²) in [6, 6.07) is 5.93. The van der Waals surface area contributed by atoms with Crippen LogP contribution >= 0.6 is 0 Å². The number of benzene rings is 1. The molecule has 0 aliphatic carbocycles. The smallest absolute Gasteiger partial charge is 0.213 e. The van der Waals surface area contributed by atoms with Gasteiger partial charge in [0.25, 0.3) is 0 Å². The zero-order valence-corrected chi connectivity index (χ0v) is 20.0. The first kappa shape index (κ1) is 26.0. The van der Waals surface area contributed by atoms with Crippen LogP contribution in [0, 0.1) is 0 Å². The van der Waals surface area contributed by atoms with Crippen LogP contribution in [0.5, 0.6) is 11.5 Å². The summed E-state index contributed by atoms with van der Waals surface area (Å²) >= 11 is 0. The van der Waals surface area contributed by atoms with E-state index in [0.717, 1.165) is 23.6 Å². The van der Waals surface area contributed by atoms with Crippen molar-refractivity contribution in [1.82, 2.24) is 14.9 Å². The summed E-state index contributed by atoms with van der Waals surface area (Å²) < 4.78 is 36.4. The van der Waals surface area contributed by atoms with E-state index in [0.29, 0.717) is 38.7 Å². The van der Waals surface area contributed by atoms with E-state index < -0.39 is 10.0 Å². The Hall–Kier alpha value is -2.00. The third-order valence-electron chi connectivity index (χ3n) is 4.51. The molecule has 1 rings (SSSR count). The summed E-state index contributed by atoms with van der Waals surface area (Å²) in [7, 11) is -1.54. The SMILES string of the molecule is CCNC(=NCCCN(C)S(=O)(=O)CC)NC(C)c1ccc(OCC)c(OCC)c1. The first-order valence-corrected chi connectivity index (χ1v) is 12.3. The average molecular weight is 443 g/mol. The van der Waals surface area contributed by atoms with Crippen LogP contribution < -0.4 is 20.1 Å². The molecule has 1 aromatic rings. The van der Waals surface area contributed by atoms with Crippen molar-refractivity contribution in [3.8, 4) is 11.5 Å². The van der Waals surface area contributed by atoms with Crippen molar-refractivity contribution >= 4 is 16.0 Å². The van der Waals surface area contributed by atoms with Crippen molar-refractivity contribution in [1.29, 1.82) is 0 Å². The highest BCUT2D eigenvalue weighted by atomic mass is 32.2. The quantitative estimate of drug-likeness (QED) is 0.277. The van der Waals surface area contributed by atoms with Gasteiger partial charge in [0.2, 0.25) is 10.0 Å². The maximum atomic E-state index is 11.8. The minimum atomic E-state index is -3.15. The van der Waals surface area contributed by atoms with Crippen LogP contribution in [0.1, 0.15) is 52.6 Å². The van der Waals surface area contributed by atoms with Gasteiger partial charge in [0, 0.05) is 26.7 Å². The van der Waals surface area contributed by atoms with Crippen LogP contribution in [0.4, 0.5) is 0 Å². The van der Waals surface area contributed by atoms with Crippen LogP contribution in [0.2, 0.25) is 0 Å². The second-order valence-corrected chi connectivity index (χ2v) is 9.14. The normalized spacial score (nSPS) is 13.2. The second kappa shape index (κ2) is 13.3. The van der Waals surface area contributed by atoms with Crippen molar-refractivity contribution in [2.24, 2.45) is 4.99 Å². The zero-order valence-electron chi connectivity index (χ0n) is 19.2. The molecule has 1 atom stereocenters. The maximum Gasteiger partial charge on any atom is 0.213 e. The molecule has 1 aromatic carbocycles. The summed E-state index contributed by atoms with van der Waals surface area (Å²) in [5.74, 6) is 2.27. The molecule has 1 unspecified atom stereocenters. The highest BCUT2D eigenvalue weighted by Crippen LogP contribution is 2.30. The van der Waals surface area contributed by atoms with E-state index in [-0.39, 0.29) is 11.8 Å². The van der Waals surface area contributed by atoms with E-state index in [9.17, 15) is 8.42 Å². The lowest BCUT2D eigenvalue weighted by molar-refractivity contribution is 0.287. The maximum absolute atomic E-state index is 11.8. The fourth-order valence-electron chi connectivity index (χ4n) is 2.79. The number of ether oxygens (including phenoxy) is 2. The molecular weight excluding hydrogens is 404 g/mol. The zero-order chi connectivity index (χ0) is 22.6. The summed E-state index contributed by atoms with van der Waals surface area (Å²) in [5, 5.41) is 6.63. The lowest BCUT2D eigenvalue weighted by Crippen LogP contribution is -2.39. The highest BCUT2D eigenvalue weighted by molar-refractivity contribution is 7.89. The molecule has 0 aromatic heterocycles. The van der Waals surface area contributed by atoms with Gasteiger partial charge >= 0.3 is 0 Å². The third kappa shape index (κ3) is 8.39. The number of nitrogens with zero attached hydrogens (tertiary/aromatic N) is 2. The molecule has 0 amide bonds. The van der Waals surface area contributed by atoms with Crippen molar-refractivity contribution < 1.29 is 17.9 Å². The molecule has 2 N–H and O–H groups in total. The summed E-state index contributed by atoms with van der Waals surface area (Å²) in [6.45, 7) is 12.5. The Labute approximate surface area is 182 Å². The van der Waals surface area contributed by atoms with Gasteiger partial charge in [-0.2, -0.15) is 0 Å². The number of rotatable bonds is 13. The third-order valence-corrected chi connectivity index (χ3v) is 6.37. The molecule has 9 heteroatoms. The van der Waals surface area contributed by atoms with Gasteiger partial charge in [0.05, 0.1) is 25.0 Å². The molecule has 0 saturated heterocycles. The minimum absolute atomic E-state index is 0.000764. The molecule has 0 saturated carbocycles. The fourth-order valence-corrected chi connectivity index (χ4v) is 3.64. The first-order chi connectivity index (χ1) is 14.3. The summed E-state index contributed by atoms with van der Waals surface area (Å²) in [4.78, 5) is 4.58. The predicted octanol–water partition coefficient (Wildman–Crippen LogP) is 2.77. The van der Waals surface area contributed by atoms with E-state index >= 15 is 0 Å². The lowest BCUT2D eigenvalue weighted by atomic mass is 10.1. The monoisotopic (exact) mass is 442 g/mol. The minimum Gasteiger partial charge on any atom is -0.490 e. The Morgan fingerprint density at radius 1 is 1.13 bits per heavy atom. The molecule has 30 heavy (non-hydrogen) atoms. The molecule has 0 heterocycles. The number of guanidine groups is 1. The van der Waals surface area contributed by atoms with Crippen molar-refractivity contribution in [2.75, 3.05) is 45.6 Å². The molecule has 0 aliphatic heterocycles. The molecule has 8 nitrogen and oxygen atoms in total. The Balaban J connectivity index is 2.77. The number of aliphatic imine (C=N–C) groups is 1. The van der Waals surface area contributed by atoms with Gasteiger partial charge in [-0.3, -0.25) is 4.99 Å². The van der Waals surface area contributed by atoms with Gasteiger partial charge in [-0.25, -0.2) is 12.7 Å². The Morgan fingerprint density at radius 3 is 2.40 bits per heavy atom. The van der Waals surface area contributed by atoms with Crippen LogP contribution in [0.3, 0.4) is 0 Å². The van der Waals surface area contributed by atoms with Crippen LogP contribution in [0.25, 0.3) is 0 Å². The number of sulfonamides is 1. The molecule has 0 aliphatic rings. The Morgan fingerprint density at radius 2 is 1.80 bits per heavy atom. The van der Waals surface area contributed by atoms with Crippen molar-refractivity contribution in [3.05, 3.63) is 23.8 Å². The number of hydrogen-bond donors (Lipinski definition) is 2. The number of hydrogen-bond acceptors (Lipinski definition) is 5. The molecule has 0 fully saturated rings. The van der Waals surface area contributed by atoms with Gasteiger partial charge in [-0.05, 0) is 58.7 Å². The standard InChI is InChI=1S/C21H38N4O4S/c1-7-22-21(23-14-11-15-25(6)30(26,27)10-4)24-17(5)18-12-13-19(28-8-2)20(16-18)29-9-3/h12-13,16-17H,7-11,14-15H2,1-6H3,(H2,22,23,24). The van der Waals surface area contributed by atoms with Crippen LogP contribution in [0.15, 0.2) is 23.2 Å². The molecule has 172 valence electrons. The molecular formula is C21H38N4O4S. The molecule has 0 bridgehead atoms.